The van der Waals surface area contributed by atoms with E-state index in [9.17, 15) is 4.79 Å². The van der Waals surface area contributed by atoms with Crippen molar-refractivity contribution in [3.05, 3.63) is 52.3 Å². The van der Waals surface area contributed by atoms with Crippen LogP contribution in [0.1, 0.15) is 83.0 Å². The van der Waals surface area contributed by atoms with Crippen molar-refractivity contribution in [1.82, 2.24) is 9.78 Å². The minimum Gasteiger partial charge on any atom is -0.452 e. The number of nitrogens with zero attached hydrogens (tertiary/aromatic N) is 3. The van der Waals surface area contributed by atoms with Crippen LogP contribution in [0.4, 0.5) is 0 Å². The summed E-state index contributed by atoms with van der Waals surface area (Å²) in [5, 5.41) is 4.59. The minimum absolute atomic E-state index is 0.0467. The molecule has 0 bridgehead atoms. The number of aromatic nitrogens is 2. The largest absolute Gasteiger partial charge is 0.452 e. The van der Waals surface area contributed by atoms with Crippen molar-refractivity contribution >= 4 is 23.5 Å². The van der Waals surface area contributed by atoms with Crippen LogP contribution in [0.2, 0.25) is 0 Å². The fourth-order valence-corrected chi connectivity index (χ4v) is 3.52. The van der Waals surface area contributed by atoms with E-state index in [-0.39, 0.29) is 11.4 Å². The van der Waals surface area contributed by atoms with Gasteiger partial charge in [0.15, 0.2) is 5.76 Å². The van der Waals surface area contributed by atoms with Crippen molar-refractivity contribution in [2.45, 2.75) is 80.4 Å². The number of benzene rings is 1. The molecule has 1 aromatic carbocycles. The Morgan fingerprint density at radius 1 is 1.12 bits per heavy atom. The first-order chi connectivity index (χ1) is 15.7. The molecule has 6 nitrogen and oxygen atoms in total. The normalized spacial score (nSPS) is 14.2. The number of rotatable bonds is 8. The van der Waals surface area contributed by atoms with Gasteiger partial charge in [0.05, 0.1) is 11.1 Å². The second kappa shape index (κ2) is 10.6. The molecule has 0 saturated heterocycles. The summed E-state index contributed by atoms with van der Waals surface area (Å²) < 4.78 is 13.9. The summed E-state index contributed by atoms with van der Waals surface area (Å²) in [6.45, 7) is 18.0. The lowest BCUT2D eigenvalue weighted by Crippen LogP contribution is -2.30. The van der Waals surface area contributed by atoms with Gasteiger partial charge < -0.3 is 9.47 Å². The molecule has 186 valence electrons. The molecule has 0 aliphatic rings. The standard InChI is InChI=1S/C28H41N3O3/c1-12-28(8,9)26(32)34-20(4)33-25(24-18(2)19(3)30-31(24)11)23(17-29-10)21-13-15-22(16-14-21)27(5,6)7/h13-17,20H,12H2,1-11H3/b25-23-,29-17?. The number of carbonyl (C=O) groups excluding carboxylic acids is 1. The average Bonchev–Trinajstić information content (AvgIpc) is 3.01. The first-order valence-electron chi connectivity index (χ1n) is 11.9. The Labute approximate surface area is 205 Å². The molecule has 1 atom stereocenters. The Balaban J connectivity index is 2.65. The number of aryl methyl sites for hydroxylation is 2. The fourth-order valence-electron chi connectivity index (χ4n) is 3.52. The number of carbonyl (C=O) groups is 1. The first-order valence-corrected chi connectivity index (χ1v) is 11.9. The zero-order chi connectivity index (χ0) is 25.8. The van der Waals surface area contributed by atoms with Crippen LogP contribution in [0.25, 0.3) is 11.3 Å². The Hall–Kier alpha value is -2.89. The van der Waals surface area contributed by atoms with Crippen molar-refractivity contribution in [3.63, 3.8) is 0 Å². The maximum atomic E-state index is 12.7. The molecule has 6 heteroatoms. The van der Waals surface area contributed by atoms with Crippen molar-refractivity contribution in [1.29, 1.82) is 0 Å². The van der Waals surface area contributed by atoms with E-state index in [0.29, 0.717) is 12.2 Å². The van der Waals surface area contributed by atoms with E-state index in [0.717, 1.165) is 28.1 Å². The van der Waals surface area contributed by atoms with Gasteiger partial charge in [-0.3, -0.25) is 14.5 Å². The number of ether oxygens (including phenoxy) is 2. The van der Waals surface area contributed by atoms with Gasteiger partial charge in [-0.25, -0.2) is 0 Å². The van der Waals surface area contributed by atoms with Crippen LogP contribution in [0.3, 0.4) is 0 Å². The van der Waals surface area contributed by atoms with Crippen LogP contribution in [-0.2, 0) is 26.7 Å². The second-order valence-electron chi connectivity index (χ2n) is 10.5. The number of esters is 1. The lowest BCUT2D eigenvalue weighted by molar-refractivity contribution is -0.174. The van der Waals surface area contributed by atoms with Gasteiger partial charge in [-0.2, -0.15) is 5.10 Å². The number of hydrogen-bond donors (Lipinski definition) is 0. The second-order valence-corrected chi connectivity index (χ2v) is 10.5. The summed E-state index contributed by atoms with van der Waals surface area (Å²) in [6.07, 6.45) is 1.67. The zero-order valence-corrected chi connectivity index (χ0v) is 22.7. The smallest absolute Gasteiger partial charge is 0.314 e. The van der Waals surface area contributed by atoms with E-state index in [1.165, 1.54) is 5.56 Å². The van der Waals surface area contributed by atoms with E-state index in [1.54, 1.807) is 24.9 Å². The molecular weight excluding hydrogens is 426 g/mol. The Morgan fingerprint density at radius 2 is 1.71 bits per heavy atom. The molecule has 0 aliphatic heterocycles. The summed E-state index contributed by atoms with van der Waals surface area (Å²) in [5.74, 6) is 0.282. The van der Waals surface area contributed by atoms with E-state index in [1.807, 2.05) is 41.7 Å². The van der Waals surface area contributed by atoms with Gasteiger partial charge >= 0.3 is 5.97 Å². The summed E-state index contributed by atoms with van der Waals surface area (Å²) in [7, 11) is 3.62. The first kappa shape index (κ1) is 27.4. The summed E-state index contributed by atoms with van der Waals surface area (Å²) >= 11 is 0. The highest BCUT2D eigenvalue weighted by atomic mass is 16.7. The SMILES string of the molecule is CCC(C)(C)C(=O)OC(C)O/C(=C(/C=NC)c1ccc(C(C)(C)C)cc1)c1c(C)c(C)nn1C. The van der Waals surface area contributed by atoms with Crippen molar-refractivity contribution in [2.24, 2.45) is 17.5 Å². The van der Waals surface area contributed by atoms with Crippen LogP contribution in [0, 0.1) is 19.3 Å². The van der Waals surface area contributed by atoms with Crippen LogP contribution in [0.15, 0.2) is 29.3 Å². The molecule has 0 aliphatic carbocycles. The lowest BCUT2D eigenvalue weighted by atomic mass is 9.86. The molecule has 0 fully saturated rings. The molecule has 0 spiro atoms. The Kier molecular flexibility index (Phi) is 8.51. The minimum atomic E-state index is -0.794. The third-order valence-electron chi connectivity index (χ3n) is 6.29. The van der Waals surface area contributed by atoms with Gasteiger partial charge in [0.2, 0.25) is 6.29 Å². The molecule has 0 saturated carbocycles. The van der Waals surface area contributed by atoms with Gasteiger partial charge in [-0.05, 0) is 50.7 Å². The molecule has 0 N–H and O–H groups in total. The maximum absolute atomic E-state index is 12.7. The molecule has 2 rings (SSSR count). The van der Waals surface area contributed by atoms with Crippen LogP contribution < -0.4 is 0 Å². The third kappa shape index (κ3) is 6.16. The molecule has 1 aromatic heterocycles. The summed E-state index contributed by atoms with van der Waals surface area (Å²) in [6, 6.07) is 8.42. The van der Waals surface area contributed by atoms with Crippen LogP contribution in [-0.4, -0.2) is 35.3 Å². The number of allylic oxidation sites excluding steroid dienone is 1. The molecule has 1 heterocycles. The topological polar surface area (TPSA) is 65.7 Å². The third-order valence-corrected chi connectivity index (χ3v) is 6.29. The van der Waals surface area contributed by atoms with Crippen molar-refractivity contribution in [3.8, 4) is 0 Å². The molecular formula is C28H41N3O3. The van der Waals surface area contributed by atoms with Crippen molar-refractivity contribution in [2.75, 3.05) is 7.05 Å². The lowest BCUT2D eigenvalue weighted by Gasteiger charge is -2.25. The monoisotopic (exact) mass is 467 g/mol. The molecule has 1 unspecified atom stereocenters. The zero-order valence-electron chi connectivity index (χ0n) is 22.7. The highest BCUT2D eigenvalue weighted by Crippen LogP contribution is 2.33. The molecule has 2 aromatic rings. The average molecular weight is 468 g/mol. The quantitative estimate of drug-likeness (QED) is 0.199. The van der Waals surface area contributed by atoms with E-state index < -0.39 is 11.7 Å². The van der Waals surface area contributed by atoms with E-state index in [4.69, 9.17) is 9.47 Å². The predicted molar refractivity (Wildman–Crippen MR) is 140 cm³/mol. The predicted octanol–water partition coefficient (Wildman–Crippen LogP) is 6.25. The number of hydrogen-bond acceptors (Lipinski definition) is 5. The van der Waals surface area contributed by atoms with Gasteiger partial charge in [0.25, 0.3) is 0 Å². The number of aliphatic imine (C=N–C) groups is 1. The van der Waals surface area contributed by atoms with Crippen molar-refractivity contribution < 1.29 is 14.3 Å². The van der Waals surface area contributed by atoms with E-state index in [2.05, 4.69) is 55.1 Å². The van der Waals surface area contributed by atoms with E-state index >= 15 is 0 Å². The molecule has 34 heavy (non-hydrogen) atoms. The van der Waals surface area contributed by atoms with Crippen LogP contribution in [0.5, 0.6) is 0 Å². The molecule has 0 amide bonds. The fraction of sp³-hybridized carbons (Fsp3) is 0.536. The van der Waals surface area contributed by atoms with Gasteiger partial charge in [-0.1, -0.05) is 52.0 Å². The summed E-state index contributed by atoms with van der Waals surface area (Å²) in [5.41, 5.74) is 5.19. The van der Waals surface area contributed by atoms with Gasteiger partial charge in [0, 0.05) is 38.4 Å². The Bertz CT molecular complexity index is 1070. The summed E-state index contributed by atoms with van der Waals surface area (Å²) in [4.78, 5) is 17.0. The van der Waals surface area contributed by atoms with Gasteiger partial charge in [-0.15, -0.1) is 0 Å². The maximum Gasteiger partial charge on any atom is 0.314 e. The molecule has 0 radical (unpaired) electrons. The highest BCUT2D eigenvalue weighted by Gasteiger charge is 2.30. The Morgan fingerprint density at radius 3 is 2.15 bits per heavy atom. The highest BCUT2D eigenvalue weighted by molar-refractivity contribution is 6.18. The van der Waals surface area contributed by atoms with Gasteiger partial charge in [0.1, 0.15) is 5.69 Å². The van der Waals surface area contributed by atoms with Crippen LogP contribution >= 0.6 is 0 Å².